The molecule has 0 aromatic carbocycles. The molecule has 0 aromatic heterocycles. The van der Waals surface area contributed by atoms with Gasteiger partial charge in [-0.3, -0.25) is 9.59 Å². The van der Waals surface area contributed by atoms with Crippen LogP contribution < -0.4 is 0 Å². The van der Waals surface area contributed by atoms with Crippen molar-refractivity contribution in [2.45, 2.75) is 44.9 Å². The van der Waals surface area contributed by atoms with Crippen LogP contribution in [0.1, 0.15) is 44.9 Å². The lowest BCUT2D eigenvalue weighted by Gasteiger charge is -2.57. The summed E-state index contributed by atoms with van der Waals surface area (Å²) in [5.74, 6) is 2.34. The third kappa shape index (κ3) is 3.10. The first-order valence-corrected chi connectivity index (χ1v) is 12.4. The Labute approximate surface area is 161 Å². The first-order valence-electron chi connectivity index (χ1n) is 10.6. The number of rotatable bonds is 2. The van der Waals surface area contributed by atoms with Gasteiger partial charge >= 0.3 is 0 Å². The van der Waals surface area contributed by atoms with Gasteiger partial charge in [-0.05, 0) is 62.7 Å². The van der Waals surface area contributed by atoms with Crippen LogP contribution in [0.2, 0.25) is 0 Å². The van der Waals surface area contributed by atoms with Crippen molar-refractivity contribution in [1.29, 1.82) is 0 Å². The maximum absolute atomic E-state index is 13.4. The molecular formula is C20H30N2O4S. The fraction of sp³-hybridized carbons (Fsp3) is 0.900. The third-order valence-electron chi connectivity index (χ3n) is 7.95. The van der Waals surface area contributed by atoms with Gasteiger partial charge in [0.1, 0.15) is 0 Å². The van der Waals surface area contributed by atoms with Gasteiger partial charge in [-0.15, -0.1) is 0 Å². The number of piperazine rings is 1. The molecule has 2 aliphatic heterocycles. The summed E-state index contributed by atoms with van der Waals surface area (Å²) in [6.07, 6.45) is 7.69. The van der Waals surface area contributed by atoms with Gasteiger partial charge in [0.25, 0.3) is 0 Å². The van der Waals surface area contributed by atoms with E-state index in [-0.39, 0.29) is 28.7 Å². The molecule has 4 bridgehead atoms. The summed E-state index contributed by atoms with van der Waals surface area (Å²) in [5, 5.41) is 0. The van der Waals surface area contributed by atoms with Crippen molar-refractivity contribution in [1.82, 2.24) is 9.80 Å². The Hall–Kier alpha value is -1.11. The quantitative estimate of drug-likeness (QED) is 0.708. The van der Waals surface area contributed by atoms with Crippen LogP contribution >= 0.6 is 0 Å². The molecule has 2 saturated heterocycles. The van der Waals surface area contributed by atoms with E-state index in [1.165, 1.54) is 19.3 Å². The zero-order valence-electron chi connectivity index (χ0n) is 15.9. The Bertz CT molecular complexity index is 719. The normalized spacial score (nSPS) is 42.5. The van der Waals surface area contributed by atoms with Crippen molar-refractivity contribution in [2.24, 2.45) is 29.1 Å². The molecule has 6 fully saturated rings. The topological polar surface area (TPSA) is 74.8 Å². The molecule has 7 heteroatoms. The van der Waals surface area contributed by atoms with E-state index in [0.717, 1.165) is 37.0 Å². The third-order valence-corrected chi connectivity index (χ3v) is 9.72. The van der Waals surface area contributed by atoms with Crippen molar-refractivity contribution < 1.29 is 18.0 Å². The molecule has 6 rings (SSSR count). The minimum atomic E-state index is -3.04. The van der Waals surface area contributed by atoms with E-state index in [1.54, 1.807) is 4.90 Å². The van der Waals surface area contributed by atoms with Crippen molar-refractivity contribution in [3.8, 4) is 0 Å². The van der Waals surface area contributed by atoms with Gasteiger partial charge in [-0.1, -0.05) is 0 Å². The van der Waals surface area contributed by atoms with Crippen molar-refractivity contribution in [3.63, 3.8) is 0 Å². The fourth-order valence-electron chi connectivity index (χ4n) is 7.09. The molecule has 0 spiro atoms. The zero-order valence-corrected chi connectivity index (χ0v) is 16.8. The predicted molar refractivity (Wildman–Crippen MR) is 101 cm³/mol. The minimum Gasteiger partial charge on any atom is -0.339 e. The number of hydrogen-bond donors (Lipinski definition) is 0. The van der Waals surface area contributed by atoms with Crippen LogP contribution in [0.25, 0.3) is 0 Å². The summed E-state index contributed by atoms with van der Waals surface area (Å²) in [5.41, 5.74) is -0.111. The molecule has 0 radical (unpaired) electrons. The van der Waals surface area contributed by atoms with E-state index in [4.69, 9.17) is 0 Å². The Morgan fingerprint density at radius 1 is 0.815 bits per heavy atom. The van der Waals surface area contributed by atoms with Crippen LogP contribution in [0.15, 0.2) is 0 Å². The highest BCUT2D eigenvalue weighted by Crippen LogP contribution is 2.60. The number of amides is 2. The molecular weight excluding hydrogens is 364 g/mol. The second-order valence-electron chi connectivity index (χ2n) is 9.92. The number of sulfone groups is 1. The number of hydrogen-bond acceptors (Lipinski definition) is 4. The lowest BCUT2D eigenvalue weighted by Crippen LogP contribution is -2.59. The second kappa shape index (κ2) is 6.19. The summed E-state index contributed by atoms with van der Waals surface area (Å²) >= 11 is 0. The lowest BCUT2D eigenvalue weighted by atomic mass is 9.49. The van der Waals surface area contributed by atoms with E-state index >= 15 is 0 Å². The van der Waals surface area contributed by atoms with Crippen LogP contribution in [0, 0.1) is 29.1 Å². The molecule has 2 heterocycles. The van der Waals surface area contributed by atoms with Crippen molar-refractivity contribution in [2.75, 3.05) is 37.7 Å². The van der Waals surface area contributed by atoms with Gasteiger partial charge in [0.15, 0.2) is 9.84 Å². The van der Waals surface area contributed by atoms with Gasteiger partial charge in [0.2, 0.25) is 11.8 Å². The van der Waals surface area contributed by atoms with Gasteiger partial charge in [-0.2, -0.15) is 0 Å². The Morgan fingerprint density at radius 3 is 1.81 bits per heavy atom. The first-order chi connectivity index (χ1) is 12.8. The van der Waals surface area contributed by atoms with E-state index in [1.807, 2.05) is 4.90 Å². The average molecular weight is 395 g/mol. The largest absolute Gasteiger partial charge is 0.339 e. The van der Waals surface area contributed by atoms with Gasteiger partial charge in [0.05, 0.1) is 22.8 Å². The molecule has 0 N–H and O–H groups in total. The Morgan fingerprint density at radius 2 is 1.33 bits per heavy atom. The molecule has 2 amide bonds. The average Bonchev–Trinajstić information content (AvgIpc) is 2.99. The van der Waals surface area contributed by atoms with E-state index in [2.05, 4.69) is 0 Å². The number of carbonyl (C=O) groups excluding carboxylic acids is 2. The maximum Gasteiger partial charge on any atom is 0.228 e. The highest BCUT2D eigenvalue weighted by molar-refractivity contribution is 7.91. The van der Waals surface area contributed by atoms with Crippen LogP contribution in [0.3, 0.4) is 0 Å². The highest BCUT2D eigenvalue weighted by Gasteiger charge is 2.55. The Balaban J connectivity index is 1.21. The van der Waals surface area contributed by atoms with Crippen LogP contribution in [-0.4, -0.2) is 67.7 Å². The molecule has 6 aliphatic rings. The van der Waals surface area contributed by atoms with E-state index in [9.17, 15) is 18.0 Å². The van der Waals surface area contributed by atoms with Crippen LogP contribution in [0.4, 0.5) is 0 Å². The molecule has 1 atom stereocenters. The molecule has 0 aromatic rings. The zero-order chi connectivity index (χ0) is 18.8. The SMILES string of the molecule is O=C(C1CCS(=O)(=O)C1)N1CCN(C(=O)C23CC4CC(CC(C4)C2)C3)CC1. The fourth-order valence-corrected chi connectivity index (χ4v) is 8.82. The molecule has 4 aliphatic carbocycles. The molecule has 6 nitrogen and oxygen atoms in total. The minimum absolute atomic E-state index is 0.00173. The lowest BCUT2D eigenvalue weighted by molar-refractivity contribution is -0.161. The highest BCUT2D eigenvalue weighted by atomic mass is 32.2. The summed E-state index contributed by atoms with van der Waals surface area (Å²) in [6, 6.07) is 0. The monoisotopic (exact) mass is 394 g/mol. The summed E-state index contributed by atoms with van der Waals surface area (Å²) in [6.45, 7) is 2.30. The molecule has 27 heavy (non-hydrogen) atoms. The van der Waals surface area contributed by atoms with Crippen molar-refractivity contribution >= 4 is 21.7 Å². The maximum atomic E-state index is 13.4. The smallest absolute Gasteiger partial charge is 0.228 e. The van der Waals surface area contributed by atoms with Crippen LogP contribution in [0.5, 0.6) is 0 Å². The molecule has 4 saturated carbocycles. The second-order valence-corrected chi connectivity index (χ2v) is 12.1. The van der Waals surface area contributed by atoms with Gasteiger partial charge in [-0.25, -0.2) is 8.42 Å². The molecule has 150 valence electrons. The van der Waals surface area contributed by atoms with Gasteiger partial charge < -0.3 is 9.80 Å². The van der Waals surface area contributed by atoms with Gasteiger partial charge in [0, 0.05) is 26.2 Å². The summed E-state index contributed by atoms with van der Waals surface area (Å²) < 4.78 is 23.3. The van der Waals surface area contributed by atoms with Crippen LogP contribution in [-0.2, 0) is 19.4 Å². The van der Waals surface area contributed by atoms with E-state index < -0.39 is 9.84 Å². The standard InChI is InChI=1S/C20H30N2O4S/c23-18(17-1-6-27(25,26)13-17)21-2-4-22(5-3-21)19(24)20-10-14-7-15(11-20)9-16(8-14)12-20/h14-17H,1-13H2. The summed E-state index contributed by atoms with van der Waals surface area (Å²) in [7, 11) is -3.04. The first kappa shape index (κ1) is 18.0. The predicted octanol–water partition coefficient (Wildman–Crippen LogP) is 1.31. The summed E-state index contributed by atoms with van der Waals surface area (Å²) in [4.78, 5) is 29.8. The number of nitrogens with zero attached hydrogens (tertiary/aromatic N) is 2. The molecule has 1 unspecified atom stereocenters. The van der Waals surface area contributed by atoms with E-state index in [0.29, 0.717) is 38.5 Å². The number of carbonyl (C=O) groups is 2. The van der Waals surface area contributed by atoms with Crippen molar-refractivity contribution in [3.05, 3.63) is 0 Å². The Kier molecular flexibility index (Phi) is 4.12.